The third-order valence-electron chi connectivity index (χ3n) is 4.87. The van der Waals surface area contributed by atoms with E-state index in [9.17, 15) is 13.2 Å². The number of nitrogens with one attached hydrogen (secondary N) is 1. The van der Waals surface area contributed by atoms with Crippen LogP contribution in [-0.4, -0.2) is 41.7 Å². The average molecular weight is 325 g/mol. The summed E-state index contributed by atoms with van der Waals surface area (Å²) < 4.78 is 24.8. The summed E-state index contributed by atoms with van der Waals surface area (Å²) >= 11 is 0. The molecule has 1 aromatic heterocycles. The Morgan fingerprint density at radius 3 is 2.36 bits per heavy atom. The molecule has 2 fully saturated rings. The van der Waals surface area contributed by atoms with Crippen molar-refractivity contribution in [3.63, 3.8) is 0 Å². The Morgan fingerprint density at radius 2 is 1.77 bits per heavy atom. The van der Waals surface area contributed by atoms with Crippen molar-refractivity contribution in [1.29, 1.82) is 0 Å². The van der Waals surface area contributed by atoms with Gasteiger partial charge in [-0.15, -0.1) is 0 Å². The van der Waals surface area contributed by atoms with Gasteiger partial charge in [0.1, 0.15) is 9.84 Å². The normalized spacial score (nSPS) is 29.1. The first-order valence-electron chi connectivity index (χ1n) is 8.03. The van der Waals surface area contributed by atoms with E-state index in [4.69, 9.17) is 0 Å². The predicted octanol–water partition coefficient (Wildman–Crippen LogP) is 1.31. The number of hydrogen-bond donors (Lipinski definition) is 1. The average Bonchev–Trinajstić information content (AvgIpc) is 3.02. The maximum absolute atomic E-state index is 12.3. The monoisotopic (exact) mass is 325 g/mol. The zero-order chi connectivity index (χ0) is 15.6. The van der Waals surface area contributed by atoms with Gasteiger partial charge in [0.2, 0.25) is 5.91 Å². The number of nitrogens with zero attached hydrogens (tertiary/aromatic N) is 2. The largest absolute Gasteiger partial charge is 0.353 e. The molecule has 1 N–H and O–H groups in total. The molecule has 0 atom stereocenters. The van der Waals surface area contributed by atoms with Crippen molar-refractivity contribution >= 4 is 15.7 Å². The van der Waals surface area contributed by atoms with Gasteiger partial charge in [-0.25, -0.2) is 8.42 Å². The molecule has 7 heteroatoms. The number of sulfone groups is 1. The molecule has 3 rings (SSSR count). The molecule has 1 aliphatic heterocycles. The number of carbonyl (C=O) groups excluding carboxylic acids is 1. The number of amides is 1. The fraction of sp³-hybridized carbons (Fsp3) is 0.733. The van der Waals surface area contributed by atoms with Gasteiger partial charge in [0.15, 0.2) is 0 Å². The summed E-state index contributed by atoms with van der Waals surface area (Å²) in [5.74, 6) is 0.207. The Kier molecular flexibility index (Phi) is 4.52. The summed E-state index contributed by atoms with van der Waals surface area (Å²) in [5, 5.41) is 7.40. The van der Waals surface area contributed by atoms with Gasteiger partial charge in [-0.1, -0.05) is 0 Å². The van der Waals surface area contributed by atoms with E-state index in [0.29, 0.717) is 18.9 Å². The van der Waals surface area contributed by atoms with E-state index in [1.165, 1.54) is 0 Å². The Bertz CT molecular complexity index is 590. The fourth-order valence-corrected chi connectivity index (χ4v) is 4.94. The molecule has 0 radical (unpaired) electrons. The minimum atomic E-state index is -2.90. The molecule has 2 heterocycles. The Balaban J connectivity index is 1.45. The zero-order valence-corrected chi connectivity index (χ0v) is 13.5. The topological polar surface area (TPSA) is 81.1 Å². The lowest BCUT2D eigenvalue weighted by Crippen LogP contribution is -2.43. The van der Waals surface area contributed by atoms with E-state index in [2.05, 4.69) is 10.4 Å². The highest BCUT2D eigenvalue weighted by Gasteiger charge is 2.30. The maximum Gasteiger partial charge on any atom is 0.223 e. The van der Waals surface area contributed by atoms with Crippen molar-refractivity contribution < 1.29 is 13.2 Å². The molecule has 1 saturated carbocycles. The molecular weight excluding hydrogens is 302 g/mol. The molecule has 2 aliphatic rings. The van der Waals surface area contributed by atoms with E-state index < -0.39 is 9.84 Å². The van der Waals surface area contributed by atoms with Gasteiger partial charge >= 0.3 is 0 Å². The Hall–Kier alpha value is -1.37. The van der Waals surface area contributed by atoms with Crippen LogP contribution in [0.4, 0.5) is 0 Å². The van der Waals surface area contributed by atoms with Crippen LogP contribution in [-0.2, 0) is 14.6 Å². The van der Waals surface area contributed by atoms with Gasteiger partial charge in [-0.05, 0) is 44.6 Å². The first-order chi connectivity index (χ1) is 10.5. The van der Waals surface area contributed by atoms with E-state index in [-0.39, 0.29) is 29.4 Å². The van der Waals surface area contributed by atoms with Gasteiger partial charge < -0.3 is 5.32 Å². The molecule has 1 aromatic rings. The second kappa shape index (κ2) is 6.40. The lowest BCUT2D eigenvalue weighted by Gasteiger charge is -2.31. The third-order valence-corrected chi connectivity index (χ3v) is 6.58. The minimum Gasteiger partial charge on any atom is -0.353 e. The first-order valence-corrected chi connectivity index (χ1v) is 9.85. The second-order valence-corrected chi connectivity index (χ2v) is 8.73. The summed E-state index contributed by atoms with van der Waals surface area (Å²) in [6.45, 7) is 0. The van der Waals surface area contributed by atoms with E-state index in [0.717, 1.165) is 25.7 Å². The number of aromatic nitrogens is 2. The summed E-state index contributed by atoms with van der Waals surface area (Å²) in [7, 11) is -2.90. The molecule has 22 heavy (non-hydrogen) atoms. The molecule has 1 saturated heterocycles. The van der Waals surface area contributed by atoms with Gasteiger partial charge in [-0.3, -0.25) is 9.48 Å². The van der Waals surface area contributed by atoms with Gasteiger partial charge in [0.05, 0.1) is 17.5 Å². The first kappa shape index (κ1) is 15.5. The van der Waals surface area contributed by atoms with Crippen LogP contribution in [0.15, 0.2) is 18.5 Å². The highest BCUT2D eigenvalue weighted by atomic mass is 32.2. The van der Waals surface area contributed by atoms with Crippen LogP contribution < -0.4 is 5.32 Å². The summed E-state index contributed by atoms with van der Waals surface area (Å²) in [6, 6.07) is 2.59. The van der Waals surface area contributed by atoms with E-state index in [1.807, 2.05) is 16.9 Å². The molecule has 1 amide bonds. The molecule has 0 bridgehead atoms. The van der Waals surface area contributed by atoms with E-state index >= 15 is 0 Å². The minimum absolute atomic E-state index is 0.0393. The number of hydrogen-bond acceptors (Lipinski definition) is 4. The standard InChI is InChI=1S/C15H23N3O3S/c19-15(12-6-10-22(20,21)11-7-12)17-13-2-4-14(5-3-13)18-9-1-8-16-18/h1,8-9,12-14H,2-7,10-11H2,(H,17,19). The van der Waals surface area contributed by atoms with Crippen molar-refractivity contribution in [1.82, 2.24) is 15.1 Å². The van der Waals surface area contributed by atoms with Crippen LogP contribution in [0.3, 0.4) is 0 Å². The van der Waals surface area contributed by atoms with Crippen LogP contribution in [0.25, 0.3) is 0 Å². The third kappa shape index (κ3) is 3.69. The molecule has 0 spiro atoms. The quantitative estimate of drug-likeness (QED) is 0.908. The summed E-state index contributed by atoms with van der Waals surface area (Å²) in [4.78, 5) is 12.3. The van der Waals surface area contributed by atoms with Crippen molar-refractivity contribution in [2.24, 2.45) is 5.92 Å². The smallest absolute Gasteiger partial charge is 0.223 e. The van der Waals surface area contributed by atoms with Crippen molar-refractivity contribution in [2.45, 2.75) is 50.6 Å². The molecular formula is C15H23N3O3S. The van der Waals surface area contributed by atoms with Gasteiger partial charge in [0.25, 0.3) is 0 Å². The SMILES string of the molecule is O=C(NC1CCC(n2cccn2)CC1)C1CCS(=O)(=O)CC1. The fourth-order valence-electron chi connectivity index (χ4n) is 3.45. The number of carbonyl (C=O) groups is 1. The highest BCUT2D eigenvalue weighted by Crippen LogP contribution is 2.28. The number of rotatable bonds is 3. The lowest BCUT2D eigenvalue weighted by molar-refractivity contribution is -0.126. The molecule has 1 aliphatic carbocycles. The molecule has 6 nitrogen and oxygen atoms in total. The second-order valence-electron chi connectivity index (χ2n) is 6.43. The molecule has 0 aromatic carbocycles. The van der Waals surface area contributed by atoms with E-state index in [1.54, 1.807) is 6.20 Å². The van der Waals surface area contributed by atoms with Crippen molar-refractivity contribution in [3.05, 3.63) is 18.5 Å². The Labute approximate surface area is 131 Å². The van der Waals surface area contributed by atoms with Crippen LogP contribution in [0.2, 0.25) is 0 Å². The van der Waals surface area contributed by atoms with Crippen LogP contribution in [0, 0.1) is 5.92 Å². The maximum atomic E-state index is 12.3. The predicted molar refractivity (Wildman–Crippen MR) is 83.0 cm³/mol. The lowest BCUT2D eigenvalue weighted by atomic mass is 9.90. The van der Waals surface area contributed by atoms with Crippen LogP contribution >= 0.6 is 0 Å². The highest BCUT2D eigenvalue weighted by molar-refractivity contribution is 7.91. The molecule has 0 unspecified atom stereocenters. The zero-order valence-electron chi connectivity index (χ0n) is 12.6. The Morgan fingerprint density at radius 1 is 1.09 bits per heavy atom. The molecule has 122 valence electrons. The van der Waals surface area contributed by atoms with Crippen molar-refractivity contribution in [3.8, 4) is 0 Å². The van der Waals surface area contributed by atoms with Gasteiger partial charge in [0, 0.05) is 24.4 Å². The van der Waals surface area contributed by atoms with Crippen LogP contribution in [0.5, 0.6) is 0 Å². The van der Waals surface area contributed by atoms with Crippen LogP contribution in [0.1, 0.15) is 44.6 Å². The summed E-state index contributed by atoms with van der Waals surface area (Å²) in [6.07, 6.45) is 8.69. The summed E-state index contributed by atoms with van der Waals surface area (Å²) in [5.41, 5.74) is 0. The van der Waals surface area contributed by atoms with Crippen molar-refractivity contribution in [2.75, 3.05) is 11.5 Å². The van der Waals surface area contributed by atoms with Gasteiger partial charge in [-0.2, -0.15) is 5.10 Å².